The van der Waals surface area contributed by atoms with Gasteiger partial charge in [0.1, 0.15) is 5.75 Å². The molecule has 2 aromatic carbocycles. The number of carbonyl (C=O) groups excluding carboxylic acids is 2. The first-order valence-electron chi connectivity index (χ1n) is 11.1. The van der Waals surface area contributed by atoms with Crippen LogP contribution in [0.5, 0.6) is 5.75 Å². The van der Waals surface area contributed by atoms with Crippen molar-refractivity contribution in [2.24, 2.45) is 5.92 Å². The number of likely N-dealkylation sites (tertiary alicyclic amines) is 1. The van der Waals surface area contributed by atoms with Gasteiger partial charge >= 0.3 is 0 Å². The highest BCUT2D eigenvalue weighted by atomic mass is 32.2. The lowest BCUT2D eigenvalue weighted by atomic mass is 10.1. The average Bonchev–Trinajstić information content (AvgIpc) is 3.40. The number of aromatic amines is 1. The second-order valence-corrected chi connectivity index (χ2v) is 10.00. The summed E-state index contributed by atoms with van der Waals surface area (Å²) in [6.45, 7) is 2.87. The Kier molecular flexibility index (Phi) is 6.90. The number of hydrogen-bond acceptors (Lipinski definition) is 5. The van der Waals surface area contributed by atoms with E-state index in [1.165, 1.54) is 12.1 Å². The van der Waals surface area contributed by atoms with E-state index in [-0.39, 0.29) is 23.1 Å². The molecule has 1 aliphatic heterocycles. The number of hydrogen-bond donors (Lipinski definition) is 3. The van der Waals surface area contributed by atoms with Crippen molar-refractivity contribution >= 4 is 38.4 Å². The van der Waals surface area contributed by atoms with Crippen molar-refractivity contribution < 1.29 is 22.7 Å². The minimum Gasteiger partial charge on any atom is -0.497 e. The molecule has 34 heavy (non-hydrogen) atoms. The lowest BCUT2D eigenvalue weighted by molar-refractivity contribution is -0.128. The van der Waals surface area contributed by atoms with Crippen molar-refractivity contribution in [3.63, 3.8) is 0 Å². The summed E-state index contributed by atoms with van der Waals surface area (Å²) in [6, 6.07) is 11.8. The van der Waals surface area contributed by atoms with Crippen LogP contribution in [0.1, 0.15) is 18.9 Å². The van der Waals surface area contributed by atoms with Crippen molar-refractivity contribution in [3.8, 4) is 5.75 Å². The van der Waals surface area contributed by atoms with Crippen molar-refractivity contribution in [2.45, 2.75) is 24.7 Å². The Hall–Kier alpha value is -3.37. The number of ether oxygens (including phenoxy) is 1. The van der Waals surface area contributed by atoms with E-state index in [9.17, 15) is 18.0 Å². The van der Waals surface area contributed by atoms with Crippen molar-refractivity contribution in [2.75, 3.05) is 32.1 Å². The molecule has 3 N–H and O–H groups in total. The van der Waals surface area contributed by atoms with Gasteiger partial charge < -0.3 is 19.9 Å². The number of aromatic nitrogens is 1. The summed E-state index contributed by atoms with van der Waals surface area (Å²) in [6.07, 6.45) is 2.75. The van der Waals surface area contributed by atoms with Crippen LogP contribution in [0.2, 0.25) is 0 Å². The third-order valence-electron chi connectivity index (χ3n) is 5.98. The maximum atomic E-state index is 12.7. The molecular formula is C24H28N4O5S. The number of amides is 2. The predicted molar refractivity (Wildman–Crippen MR) is 129 cm³/mol. The highest BCUT2D eigenvalue weighted by Crippen LogP contribution is 2.26. The lowest BCUT2D eigenvalue weighted by Crippen LogP contribution is -2.30. The first-order valence-corrected chi connectivity index (χ1v) is 12.6. The Bertz CT molecular complexity index is 1300. The summed E-state index contributed by atoms with van der Waals surface area (Å²) < 4.78 is 31.8. The second-order valence-electron chi connectivity index (χ2n) is 8.23. The molecule has 0 radical (unpaired) electrons. The van der Waals surface area contributed by atoms with Gasteiger partial charge in [0, 0.05) is 48.8 Å². The van der Waals surface area contributed by atoms with Gasteiger partial charge in [0.2, 0.25) is 21.8 Å². The molecule has 0 spiro atoms. The zero-order valence-corrected chi connectivity index (χ0v) is 19.9. The van der Waals surface area contributed by atoms with Crippen LogP contribution in [0.25, 0.3) is 10.9 Å². The van der Waals surface area contributed by atoms with E-state index in [0.717, 1.165) is 22.2 Å². The summed E-state index contributed by atoms with van der Waals surface area (Å²) in [4.78, 5) is 30.3. The van der Waals surface area contributed by atoms with Crippen LogP contribution in [0.15, 0.2) is 53.6 Å². The number of nitrogens with zero attached hydrogens (tertiary/aromatic N) is 1. The van der Waals surface area contributed by atoms with Crippen molar-refractivity contribution in [3.05, 3.63) is 54.2 Å². The van der Waals surface area contributed by atoms with Crippen LogP contribution in [0, 0.1) is 5.92 Å². The van der Waals surface area contributed by atoms with Gasteiger partial charge in [-0.05, 0) is 54.4 Å². The number of H-pyrrole nitrogens is 1. The highest BCUT2D eigenvalue weighted by Gasteiger charge is 2.34. The van der Waals surface area contributed by atoms with E-state index < -0.39 is 15.9 Å². The molecule has 0 unspecified atom stereocenters. The smallest absolute Gasteiger partial charge is 0.240 e. The van der Waals surface area contributed by atoms with Gasteiger partial charge in [-0.3, -0.25) is 9.59 Å². The molecule has 180 valence electrons. The number of rotatable bonds is 9. The van der Waals surface area contributed by atoms with Gasteiger partial charge in [-0.25, -0.2) is 13.1 Å². The molecule has 3 aromatic rings. The second kappa shape index (κ2) is 9.86. The average molecular weight is 485 g/mol. The molecular weight excluding hydrogens is 456 g/mol. The fourth-order valence-corrected chi connectivity index (χ4v) is 5.19. The largest absolute Gasteiger partial charge is 0.497 e. The zero-order valence-electron chi connectivity index (χ0n) is 19.1. The first kappa shape index (κ1) is 23.8. The van der Waals surface area contributed by atoms with Gasteiger partial charge in [-0.2, -0.15) is 0 Å². The van der Waals surface area contributed by atoms with Crippen LogP contribution >= 0.6 is 0 Å². The monoisotopic (exact) mass is 484 g/mol. The Balaban J connectivity index is 1.35. The number of methoxy groups -OCH3 is 1. The fraction of sp³-hybridized carbons (Fsp3) is 0.333. The molecule has 2 heterocycles. The molecule has 1 atom stereocenters. The zero-order chi connectivity index (χ0) is 24.3. The van der Waals surface area contributed by atoms with Crippen LogP contribution in [0.4, 0.5) is 5.69 Å². The van der Waals surface area contributed by atoms with E-state index in [2.05, 4.69) is 15.0 Å². The first-order chi connectivity index (χ1) is 16.3. The predicted octanol–water partition coefficient (Wildman–Crippen LogP) is 2.50. The van der Waals surface area contributed by atoms with Crippen LogP contribution < -0.4 is 14.8 Å². The van der Waals surface area contributed by atoms with E-state index in [0.29, 0.717) is 31.7 Å². The molecule has 0 aliphatic carbocycles. The summed E-state index contributed by atoms with van der Waals surface area (Å²) in [7, 11) is -1.93. The molecule has 2 amide bonds. The van der Waals surface area contributed by atoms with E-state index in [1.54, 1.807) is 31.1 Å². The maximum absolute atomic E-state index is 12.7. The molecule has 9 nitrogen and oxygen atoms in total. The highest BCUT2D eigenvalue weighted by molar-refractivity contribution is 7.89. The number of anilines is 1. The standard InChI is InChI=1S/C24H28N4O5S/c1-3-26-34(31,32)20-7-4-18(5-8-20)27-24(30)17-12-23(29)28(15-17)11-10-16-14-25-22-9-6-19(33-2)13-21(16)22/h4-9,13-14,17,25-26H,3,10-12,15H2,1-2H3,(H,27,30)/t17-/m1/s1. The van der Waals surface area contributed by atoms with Gasteiger partial charge in [0.25, 0.3) is 0 Å². The molecule has 0 saturated carbocycles. The summed E-state index contributed by atoms with van der Waals surface area (Å²) in [5.41, 5.74) is 2.58. The molecule has 1 aliphatic rings. The number of sulfonamides is 1. The summed E-state index contributed by atoms with van der Waals surface area (Å²) >= 11 is 0. The molecule has 10 heteroatoms. The molecule has 0 bridgehead atoms. The van der Waals surface area contributed by atoms with E-state index in [4.69, 9.17) is 4.74 Å². The SMILES string of the molecule is CCNS(=O)(=O)c1ccc(NC(=O)[C@@H]2CC(=O)N(CCc3c[nH]c4ccc(OC)cc34)C2)cc1. The van der Waals surface area contributed by atoms with Crippen molar-refractivity contribution in [1.82, 2.24) is 14.6 Å². The fourth-order valence-electron chi connectivity index (χ4n) is 4.15. The third-order valence-corrected chi connectivity index (χ3v) is 7.54. The number of carbonyl (C=O) groups is 2. The Morgan fingerprint density at radius 3 is 2.68 bits per heavy atom. The molecule has 4 rings (SSSR count). The minimum absolute atomic E-state index is 0.0512. The van der Waals surface area contributed by atoms with E-state index >= 15 is 0 Å². The lowest BCUT2D eigenvalue weighted by Gasteiger charge is -2.16. The Labute approximate surface area is 198 Å². The molecule has 1 fully saturated rings. The normalized spacial score (nSPS) is 16.2. The summed E-state index contributed by atoms with van der Waals surface area (Å²) in [5.74, 6) is 0.00921. The number of fused-ring (bicyclic) bond motifs is 1. The summed E-state index contributed by atoms with van der Waals surface area (Å²) in [5, 5.41) is 3.85. The van der Waals surface area contributed by atoms with Gasteiger partial charge in [-0.1, -0.05) is 6.92 Å². The maximum Gasteiger partial charge on any atom is 0.240 e. The van der Waals surface area contributed by atoms with Crippen molar-refractivity contribution in [1.29, 1.82) is 0 Å². The number of benzene rings is 2. The quantitative estimate of drug-likeness (QED) is 0.431. The topological polar surface area (TPSA) is 121 Å². The van der Waals surface area contributed by atoms with Crippen LogP contribution in [-0.2, 0) is 26.0 Å². The van der Waals surface area contributed by atoms with Gasteiger partial charge in [0.15, 0.2) is 0 Å². The minimum atomic E-state index is -3.55. The van der Waals surface area contributed by atoms with Gasteiger partial charge in [-0.15, -0.1) is 0 Å². The van der Waals surface area contributed by atoms with Crippen LogP contribution in [0.3, 0.4) is 0 Å². The van der Waals surface area contributed by atoms with Gasteiger partial charge in [0.05, 0.1) is 17.9 Å². The molecule has 1 saturated heterocycles. The van der Waals surface area contributed by atoms with Crippen LogP contribution in [-0.4, -0.2) is 56.9 Å². The number of nitrogens with one attached hydrogen (secondary N) is 3. The van der Waals surface area contributed by atoms with E-state index in [1.807, 2.05) is 24.4 Å². The Morgan fingerprint density at radius 2 is 1.97 bits per heavy atom. The molecule has 1 aromatic heterocycles. The third kappa shape index (κ3) is 5.07. The Morgan fingerprint density at radius 1 is 1.21 bits per heavy atom.